The van der Waals surface area contributed by atoms with Gasteiger partial charge in [-0.05, 0) is 54.8 Å². The van der Waals surface area contributed by atoms with Gasteiger partial charge in [0.25, 0.3) is 5.91 Å². The maximum Gasteiger partial charge on any atom is 0.255 e. The minimum Gasteiger partial charge on any atom is -0.497 e. The van der Waals surface area contributed by atoms with E-state index in [9.17, 15) is 4.79 Å². The minimum atomic E-state index is -0.0903. The summed E-state index contributed by atoms with van der Waals surface area (Å²) in [6.07, 6.45) is 1.73. The van der Waals surface area contributed by atoms with Crippen LogP contribution in [0.25, 0.3) is 11.3 Å². The van der Waals surface area contributed by atoms with Gasteiger partial charge in [-0.15, -0.1) is 0 Å². The summed E-state index contributed by atoms with van der Waals surface area (Å²) < 4.78 is 10.5. The topological polar surface area (TPSA) is 79.5 Å². The van der Waals surface area contributed by atoms with Crippen LogP contribution in [0, 0.1) is 0 Å². The van der Waals surface area contributed by atoms with E-state index in [0.717, 1.165) is 48.8 Å². The van der Waals surface area contributed by atoms with Gasteiger partial charge in [0.1, 0.15) is 11.5 Å². The Kier molecular flexibility index (Phi) is 5.88. The number of methoxy groups -OCH3 is 2. The SMILES string of the molecule is COc1ccc(-c2cc(N3CCC(NC(=O)c4ccccc4OC)CC3)n[nH]2)cc1. The Labute approximate surface area is 176 Å². The largest absolute Gasteiger partial charge is 0.497 e. The Morgan fingerprint density at radius 1 is 1.07 bits per heavy atom. The molecule has 1 amide bonds. The summed E-state index contributed by atoms with van der Waals surface area (Å²) in [6.45, 7) is 1.67. The van der Waals surface area contributed by atoms with Crippen molar-refractivity contribution >= 4 is 11.7 Å². The third-order valence-corrected chi connectivity index (χ3v) is 5.47. The van der Waals surface area contributed by atoms with Crippen LogP contribution in [0.2, 0.25) is 0 Å². The van der Waals surface area contributed by atoms with E-state index in [1.165, 1.54) is 0 Å². The highest BCUT2D eigenvalue weighted by atomic mass is 16.5. The van der Waals surface area contributed by atoms with Crippen molar-refractivity contribution in [3.05, 3.63) is 60.2 Å². The molecule has 3 aromatic rings. The van der Waals surface area contributed by atoms with E-state index in [1.54, 1.807) is 26.4 Å². The van der Waals surface area contributed by atoms with Gasteiger partial charge in [0.15, 0.2) is 5.82 Å². The zero-order valence-electron chi connectivity index (χ0n) is 17.2. The fourth-order valence-electron chi connectivity index (χ4n) is 3.74. The van der Waals surface area contributed by atoms with Gasteiger partial charge in [0.05, 0.1) is 25.5 Å². The second-order valence-electron chi connectivity index (χ2n) is 7.30. The first-order valence-corrected chi connectivity index (χ1v) is 10.1. The Hall–Kier alpha value is -3.48. The molecule has 2 aromatic carbocycles. The summed E-state index contributed by atoms with van der Waals surface area (Å²) in [5.41, 5.74) is 2.60. The molecule has 7 nitrogen and oxygen atoms in total. The van der Waals surface area contributed by atoms with Crippen molar-refractivity contribution in [3.8, 4) is 22.8 Å². The number of nitrogens with one attached hydrogen (secondary N) is 2. The van der Waals surface area contributed by atoms with E-state index < -0.39 is 0 Å². The smallest absolute Gasteiger partial charge is 0.255 e. The lowest BCUT2D eigenvalue weighted by Crippen LogP contribution is -2.44. The quantitative estimate of drug-likeness (QED) is 0.655. The van der Waals surface area contributed by atoms with Crippen LogP contribution < -0.4 is 19.7 Å². The summed E-state index contributed by atoms with van der Waals surface area (Å²) in [5.74, 6) is 2.26. The van der Waals surface area contributed by atoms with Gasteiger partial charge in [-0.3, -0.25) is 9.89 Å². The molecule has 4 rings (SSSR count). The lowest BCUT2D eigenvalue weighted by Gasteiger charge is -2.32. The number of piperidine rings is 1. The fourth-order valence-corrected chi connectivity index (χ4v) is 3.74. The van der Waals surface area contributed by atoms with Crippen LogP contribution in [-0.2, 0) is 0 Å². The molecule has 1 saturated heterocycles. The molecule has 2 heterocycles. The molecule has 7 heteroatoms. The predicted molar refractivity (Wildman–Crippen MR) is 116 cm³/mol. The molecule has 0 spiro atoms. The van der Waals surface area contributed by atoms with Gasteiger partial charge in [-0.25, -0.2) is 0 Å². The van der Waals surface area contributed by atoms with Crippen molar-refractivity contribution in [1.82, 2.24) is 15.5 Å². The molecule has 0 saturated carbocycles. The monoisotopic (exact) mass is 406 g/mol. The zero-order chi connectivity index (χ0) is 20.9. The predicted octanol–water partition coefficient (Wildman–Crippen LogP) is 3.49. The number of benzene rings is 2. The second kappa shape index (κ2) is 8.90. The number of hydrogen-bond acceptors (Lipinski definition) is 5. The summed E-state index contributed by atoms with van der Waals surface area (Å²) in [7, 11) is 3.24. The molecular weight excluding hydrogens is 380 g/mol. The normalized spacial score (nSPS) is 14.4. The molecule has 1 aromatic heterocycles. The third kappa shape index (κ3) is 4.25. The maximum absolute atomic E-state index is 12.6. The third-order valence-electron chi connectivity index (χ3n) is 5.47. The fraction of sp³-hybridized carbons (Fsp3) is 0.304. The number of rotatable bonds is 6. The molecule has 0 aliphatic carbocycles. The van der Waals surface area contributed by atoms with Crippen molar-refractivity contribution < 1.29 is 14.3 Å². The molecule has 156 valence electrons. The number of H-pyrrole nitrogens is 1. The van der Waals surface area contributed by atoms with Crippen molar-refractivity contribution in [2.45, 2.75) is 18.9 Å². The van der Waals surface area contributed by atoms with E-state index in [1.807, 2.05) is 36.4 Å². The van der Waals surface area contributed by atoms with Crippen LogP contribution in [0.1, 0.15) is 23.2 Å². The molecule has 1 fully saturated rings. The van der Waals surface area contributed by atoms with Crippen molar-refractivity contribution in [2.24, 2.45) is 0 Å². The average molecular weight is 406 g/mol. The van der Waals surface area contributed by atoms with E-state index in [0.29, 0.717) is 11.3 Å². The van der Waals surface area contributed by atoms with Crippen LogP contribution >= 0.6 is 0 Å². The number of aromatic nitrogens is 2. The molecule has 2 N–H and O–H groups in total. The standard InChI is InChI=1S/C23H26N4O3/c1-29-18-9-7-16(8-10-18)20-15-22(26-25-20)27-13-11-17(12-14-27)24-23(28)19-5-3-4-6-21(19)30-2/h3-10,15,17H,11-14H2,1-2H3,(H,24,28)(H,25,26). The van der Waals surface area contributed by atoms with E-state index in [-0.39, 0.29) is 11.9 Å². The number of carbonyl (C=O) groups is 1. The van der Waals surface area contributed by atoms with Crippen molar-refractivity contribution in [1.29, 1.82) is 0 Å². The summed E-state index contributed by atoms with van der Waals surface area (Å²) in [6, 6.07) is 17.4. The Morgan fingerprint density at radius 2 is 1.80 bits per heavy atom. The van der Waals surface area contributed by atoms with Crippen molar-refractivity contribution in [2.75, 3.05) is 32.2 Å². The van der Waals surface area contributed by atoms with Crippen molar-refractivity contribution in [3.63, 3.8) is 0 Å². The van der Waals surface area contributed by atoms with Crippen LogP contribution in [0.5, 0.6) is 11.5 Å². The lowest BCUT2D eigenvalue weighted by atomic mass is 10.0. The molecule has 0 bridgehead atoms. The molecule has 0 radical (unpaired) electrons. The van der Waals surface area contributed by atoms with Gasteiger partial charge in [0, 0.05) is 25.2 Å². The molecular formula is C23H26N4O3. The number of para-hydroxylation sites is 1. The van der Waals surface area contributed by atoms with Gasteiger partial charge < -0.3 is 19.7 Å². The van der Waals surface area contributed by atoms with E-state index in [4.69, 9.17) is 9.47 Å². The first-order chi connectivity index (χ1) is 14.7. The first-order valence-electron chi connectivity index (χ1n) is 10.1. The highest BCUT2D eigenvalue weighted by molar-refractivity contribution is 5.97. The number of nitrogens with zero attached hydrogens (tertiary/aromatic N) is 2. The Bertz CT molecular complexity index is 992. The van der Waals surface area contributed by atoms with Gasteiger partial charge in [0.2, 0.25) is 0 Å². The highest BCUT2D eigenvalue weighted by Gasteiger charge is 2.23. The zero-order valence-corrected chi connectivity index (χ0v) is 17.2. The summed E-state index contributed by atoms with van der Waals surface area (Å²) >= 11 is 0. The van der Waals surface area contributed by atoms with Crippen LogP contribution in [0.3, 0.4) is 0 Å². The van der Waals surface area contributed by atoms with Gasteiger partial charge >= 0.3 is 0 Å². The van der Waals surface area contributed by atoms with Gasteiger partial charge in [-0.2, -0.15) is 5.10 Å². The number of ether oxygens (including phenoxy) is 2. The van der Waals surface area contributed by atoms with E-state index >= 15 is 0 Å². The van der Waals surface area contributed by atoms with Crippen LogP contribution in [-0.4, -0.2) is 49.5 Å². The lowest BCUT2D eigenvalue weighted by molar-refractivity contribution is 0.0928. The summed E-state index contributed by atoms with van der Waals surface area (Å²) in [4.78, 5) is 14.9. The number of anilines is 1. The summed E-state index contributed by atoms with van der Waals surface area (Å²) in [5, 5.41) is 10.7. The number of aromatic amines is 1. The first kappa shape index (κ1) is 19.8. The van der Waals surface area contributed by atoms with Crippen LogP contribution in [0.15, 0.2) is 54.6 Å². The minimum absolute atomic E-state index is 0.0903. The van der Waals surface area contributed by atoms with Gasteiger partial charge in [-0.1, -0.05) is 12.1 Å². The Morgan fingerprint density at radius 3 is 2.50 bits per heavy atom. The Balaban J connectivity index is 1.34. The number of amides is 1. The number of carbonyl (C=O) groups excluding carboxylic acids is 1. The molecule has 30 heavy (non-hydrogen) atoms. The molecule has 1 aliphatic heterocycles. The highest BCUT2D eigenvalue weighted by Crippen LogP contribution is 2.26. The van der Waals surface area contributed by atoms with E-state index in [2.05, 4.69) is 26.5 Å². The molecule has 0 atom stereocenters. The second-order valence-corrected chi connectivity index (χ2v) is 7.30. The average Bonchev–Trinajstić information content (AvgIpc) is 3.30. The van der Waals surface area contributed by atoms with Crippen LogP contribution in [0.4, 0.5) is 5.82 Å². The maximum atomic E-state index is 12.6. The number of hydrogen-bond donors (Lipinski definition) is 2. The molecule has 0 unspecified atom stereocenters. The molecule has 1 aliphatic rings.